The van der Waals surface area contributed by atoms with E-state index in [-0.39, 0.29) is 37.7 Å². The zero-order valence-electron chi connectivity index (χ0n) is 17.3. The monoisotopic (exact) mass is 400 g/mol. The molecule has 0 aromatic rings. The molecule has 3 saturated heterocycles. The Morgan fingerprint density at radius 2 is 1.75 bits per heavy atom. The Hall–Kier alpha value is -1.28. The number of hydrogen-bond donors (Lipinski definition) is 1. The lowest BCUT2D eigenvalue weighted by atomic mass is 9.71. The predicted molar refractivity (Wildman–Crippen MR) is 103 cm³/mol. The number of alkyl halides is 2. The van der Waals surface area contributed by atoms with Crippen LogP contribution in [0.2, 0.25) is 0 Å². The van der Waals surface area contributed by atoms with E-state index in [0.717, 1.165) is 39.0 Å². The second-order valence-electron chi connectivity index (χ2n) is 9.11. The van der Waals surface area contributed by atoms with Gasteiger partial charge in [0.1, 0.15) is 0 Å². The molecular weight excluding hydrogens is 366 g/mol. The fraction of sp³-hybridized carbons (Fsp3) is 0.900. The molecule has 0 radical (unpaired) electrons. The van der Waals surface area contributed by atoms with Gasteiger partial charge in [0.15, 0.2) is 0 Å². The zero-order chi connectivity index (χ0) is 20.5. The van der Waals surface area contributed by atoms with Gasteiger partial charge in [-0.05, 0) is 51.6 Å². The SMILES string of the molecule is CCC(=O)NC1CCN(C(=O)CN2CCC3(CC2)CN(C(C)C)C3)CC1(F)F. The molecule has 6 nitrogen and oxygen atoms in total. The highest BCUT2D eigenvalue weighted by Gasteiger charge is 2.48. The minimum Gasteiger partial charge on any atom is -0.347 e. The van der Waals surface area contributed by atoms with Gasteiger partial charge in [-0.1, -0.05) is 6.92 Å². The van der Waals surface area contributed by atoms with E-state index in [1.54, 1.807) is 6.92 Å². The zero-order valence-corrected chi connectivity index (χ0v) is 17.3. The summed E-state index contributed by atoms with van der Waals surface area (Å²) in [5.41, 5.74) is 0.396. The Labute approximate surface area is 166 Å². The molecule has 0 aromatic carbocycles. The summed E-state index contributed by atoms with van der Waals surface area (Å²) in [6.07, 6.45) is 2.43. The molecule has 3 aliphatic rings. The molecule has 1 unspecified atom stereocenters. The average Bonchev–Trinajstić information content (AvgIpc) is 2.61. The summed E-state index contributed by atoms with van der Waals surface area (Å²) in [4.78, 5) is 29.9. The third kappa shape index (κ3) is 4.64. The Balaban J connectivity index is 1.44. The smallest absolute Gasteiger partial charge is 0.285 e. The highest BCUT2D eigenvalue weighted by atomic mass is 19.3. The number of hydrogen-bond acceptors (Lipinski definition) is 4. The van der Waals surface area contributed by atoms with Crippen LogP contribution < -0.4 is 5.32 Å². The van der Waals surface area contributed by atoms with E-state index >= 15 is 0 Å². The quantitative estimate of drug-likeness (QED) is 0.761. The van der Waals surface area contributed by atoms with Crippen molar-refractivity contribution >= 4 is 11.8 Å². The minimum atomic E-state index is -3.09. The van der Waals surface area contributed by atoms with Crippen molar-refractivity contribution in [2.45, 2.75) is 64.5 Å². The number of carbonyl (C=O) groups is 2. The van der Waals surface area contributed by atoms with Crippen molar-refractivity contribution in [3.05, 3.63) is 0 Å². The molecule has 1 spiro atoms. The molecule has 0 aliphatic carbocycles. The molecule has 3 rings (SSSR count). The van der Waals surface area contributed by atoms with Gasteiger partial charge >= 0.3 is 0 Å². The van der Waals surface area contributed by atoms with Crippen molar-refractivity contribution in [3.63, 3.8) is 0 Å². The molecule has 28 heavy (non-hydrogen) atoms. The van der Waals surface area contributed by atoms with Gasteiger partial charge in [0, 0.05) is 32.1 Å². The molecule has 3 fully saturated rings. The van der Waals surface area contributed by atoms with Gasteiger partial charge in [-0.2, -0.15) is 0 Å². The predicted octanol–water partition coefficient (Wildman–Crippen LogP) is 1.56. The fourth-order valence-electron chi connectivity index (χ4n) is 4.60. The molecule has 8 heteroatoms. The summed E-state index contributed by atoms with van der Waals surface area (Å²) in [5.74, 6) is -3.69. The van der Waals surface area contributed by atoms with Crippen LogP contribution in [0.25, 0.3) is 0 Å². The number of halogens is 2. The lowest BCUT2D eigenvalue weighted by Gasteiger charge is -2.55. The van der Waals surface area contributed by atoms with Crippen LogP contribution in [0, 0.1) is 5.41 Å². The van der Waals surface area contributed by atoms with Crippen molar-refractivity contribution in [2.24, 2.45) is 5.41 Å². The third-order valence-electron chi connectivity index (χ3n) is 6.69. The molecule has 160 valence electrons. The van der Waals surface area contributed by atoms with Gasteiger partial charge < -0.3 is 10.2 Å². The molecule has 1 atom stereocenters. The lowest BCUT2D eigenvalue weighted by molar-refractivity contribution is -0.149. The van der Waals surface area contributed by atoms with Crippen LogP contribution in [-0.2, 0) is 9.59 Å². The summed E-state index contributed by atoms with van der Waals surface area (Å²) in [5, 5.41) is 2.39. The van der Waals surface area contributed by atoms with Crippen LogP contribution in [0.5, 0.6) is 0 Å². The summed E-state index contributed by atoms with van der Waals surface area (Å²) in [6, 6.07) is -0.599. The fourth-order valence-corrected chi connectivity index (χ4v) is 4.60. The van der Waals surface area contributed by atoms with E-state index in [0.29, 0.717) is 11.5 Å². The average molecular weight is 401 g/mol. The standard InChI is InChI=1S/C20H34F2N4O2/c1-4-17(27)23-16-5-8-25(14-20(16,21)22)18(28)11-24-9-6-19(7-10-24)12-26(13-19)15(2)3/h15-16H,4-14H2,1-3H3,(H,23,27). The summed E-state index contributed by atoms with van der Waals surface area (Å²) >= 11 is 0. The largest absolute Gasteiger partial charge is 0.347 e. The minimum absolute atomic E-state index is 0.0959. The summed E-state index contributed by atoms with van der Waals surface area (Å²) in [6.45, 7) is 9.93. The van der Waals surface area contributed by atoms with Gasteiger partial charge in [-0.25, -0.2) is 8.78 Å². The van der Waals surface area contributed by atoms with Crippen LogP contribution in [0.4, 0.5) is 8.78 Å². The highest BCUT2D eigenvalue weighted by molar-refractivity contribution is 5.79. The highest BCUT2D eigenvalue weighted by Crippen LogP contribution is 2.41. The Morgan fingerprint density at radius 1 is 1.11 bits per heavy atom. The Kier molecular flexibility index (Phi) is 6.29. The maximum absolute atomic E-state index is 14.4. The molecule has 0 bridgehead atoms. The van der Waals surface area contributed by atoms with Crippen molar-refractivity contribution in [1.82, 2.24) is 20.0 Å². The Morgan fingerprint density at radius 3 is 2.29 bits per heavy atom. The molecular formula is C20H34F2N4O2. The first-order valence-electron chi connectivity index (χ1n) is 10.6. The van der Waals surface area contributed by atoms with E-state index in [2.05, 4.69) is 29.0 Å². The molecule has 3 heterocycles. The van der Waals surface area contributed by atoms with Crippen LogP contribution in [0.3, 0.4) is 0 Å². The van der Waals surface area contributed by atoms with E-state index in [1.165, 1.54) is 4.90 Å². The number of rotatable bonds is 5. The maximum atomic E-state index is 14.4. The van der Waals surface area contributed by atoms with E-state index in [1.807, 2.05) is 0 Å². The van der Waals surface area contributed by atoms with Crippen molar-refractivity contribution in [3.8, 4) is 0 Å². The van der Waals surface area contributed by atoms with Crippen LogP contribution in [0.15, 0.2) is 0 Å². The van der Waals surface area contributed by atoms with Crippen molar-refractivity contribution in [2.75, 3.05) is 45.8 Å². The molecule has 2 amide bonds. The lowest BCUT2D eigenvalue weighted by Crippen LogP contribution is -2.63. The van der Waals surface area contributed by atoms with Gasteiger partial charge in [-0.15, -0.1) is 0 Å². The van der Waals surface area contributed by atoms with E-state index in [4.69, 9.17) is 0 Å². The molecule has 1 N–H and O–H groups in total. The van der Waals surface area contributed by atoms with Gasteiger partial charge in [0.2, 0.25) is 11.8 Å². The first kappa shape index (κ1) is 21.4. The second-order valence-corrected chi connectivity index (χ2v) is 9.11. The third-order valence-corrected chi connectivity index (χ3v) is 6.69. The second kappa shape index (κ2) is 8.22. The van der Waals surface area contributed by atoms with Gasteiger partial charge in [0.25, 0.3) is 5.92 Å². The number of nitrogens with zero attached hydrogens (tertiary/aromatic N) is 3. The topological polar surface area (TPSA) is 55.9 Å². The number of nitrogens with one attached hydrogen (secondary N) is 1. The Bertz CT molecular complexity index is 583. The van der Waals surface area contributed by atoms with Crippen molar-refractivity contribution in [1.29, 1.82) is 0 Å². The molecule has 0 aromatic heterocycles. The van der Waals surface area contributed by atoms with Gasteiger partial charge in [-0.3, -0.25) is 19.4 Å². The number of amides is 2. The van der Waals surface area contributed by atoms with Crippen LogP contribution in [-0.4, -0.2) is 90.3 Å². The van der Waals surface area contributed by atoms with Crippen LogP contribution in [0.1, 0.15) is 46.5 Å². The van der Waals surface area contributed by atoms with Crippen molar-refractivity contribution < 1.29 is 18.4 Å². The number of likely N-dealkylation sites (tertiary alicyclic amines) is 3. The van der Waals surface area contributed by atoms with E-state index < -0.39 is 18.5 Å². The first-order valence-corrected chi connectivity index (χ1v) is 10.6. The maximum Gasteiger partial charge on any atom is 0.285 e. The number of piperidine rings is 2. The normalized spacial score (nSPS) is 27.6. The molecule has 0 saturated carbocycles. The molecule has 3 aliphatic heterocycles. The number of carbonyl (C=O) groups excluding carboxylic acids is 2. The van der Waals surface area contributed by atoms with E-state index in [9.17, 15) is 18.4 Å². The summed E-state index contributed by atoms with van der Waals surface area (Å²) < 4.78 is 28.8. The first-order chi connectivity index (χ1) is 13.1. The van der Waals surface area contributed by atoms with Gasteiger partial charge in [0.05, 0.1) is 19.1 Å². The van der Waals surface area contributed by atoms with Crippen LogP contribution >= 0.6 is 0 Å². The summed E-state index contributed by atoms with van der Waals surface area (Å²) in [7, 11) is 0.